The third-order valence-corrected chi connectivity index (χ3v) is 4.10. The quantitative estimate of drug-likeness (QED) is 0.673. The minimum Gasteiger partial charge on any atom is -0.299 e. The molecule has 14 heavy (non-hydrogen) atoms. The largest absolute Gasteiger partial charge is 0.299 e. The molecule has 1 saturated carbocycles. The van der Waals surface area contributed by atoms with Crippen molar-refractivity contribution in [2.75, 3.05) is 0 Å². The SMILES string of the molecule is CCC(C)C(=O)C1CCC(C)C(C)C1. The molecule has 1 fully saturated rings. The molecular weight excluding hydrogens is 172 g/mol. The van der Waals surface area contributed by atoms with Crippen LogP contribution < -0.4 is 0 Å². The Labute approximate surface area is 88.3 Å². The first-order valence-electron chi connectivity index (χ1n) is 6.10. The lowest BCUT2D eigenvalue weighted by Crippen LogP contribution is -2.29. The summed E-state index contributed by atoms with van der Waals surface area (Å²) in [5.41, 5.74) is 0. The second-order valence-electron chi connectivity index (χ2n) is 5.18. The van der Waals surface area contributed by atoms with Crippen molar-refractivity contribution in [1.29, 1.82) is 0 Å². The molecule has 0 heterocycles. The summed E-state index contributed by atoms with van der Waals surface area (Å²) in [5, 5.41) is 0. The molecule has 4 unspecified atom stereocenters. The molecule has 1 aliphatic carbocycles. The van der Waals surface area contributed by atoms with E-state index in [-0.39, 0.29) is 5.92 Å². The fourth-order valence-corrected chi connectivity index (χ4v) is 2.41. The Morgan fingerprint density at radius 3 is 2.43 bits per heavy atom. The Bertz CT molecular complexity index is 197. The summed E-state index contributed by atoms with van der Waals surface area (Å²) in [6.45, 7) is 8.79. The van der Waals surface area contributed by atoms with Gasteiger partial charge in [-0.3, -0.25) is 4.79 Å². The molecule has 0 aromatic carbocycles. The van der Waals surface area contributed by atoms with Crippen LogP contribution in [0.25, 0.3) is 0 Å². The lowest BCUT2D eigenvalue weighted by molar-refractivity contribution is -0.128. The second-order valence-corrected chi connectivity index (χ2v) is 5.18. The van der Waals surface area contributed by atoms with Crippen LogP contribution in [0.2, 0.25) is 0 Å². The highest BCUT2D eigenvalue weighted by Crippen LogP contribution is 2.35. The number of rotatable bonds is 3. The number of ketones is 1. The van der Waals surface area contributed by atoms with E-state index in [1.807, 2.05) is 0 Å². The number of carbonyl (C=O) groups excluding carboxylic acids is 1. The zero-order chi connectivity index (χ0) is 10.7. The van der Waals surface area contributed by atoms with Gasteiger partial charge in [0.25, 0.3) is 0 Å². The van der Waals surface area contributed by atoms with Gasteiger partial charge >= 0.3 is 0 Å². The molecule has 1 aliphatic rings. The van der Waals surface area contributed by atoms with Gasteiger partial charge in [-0.05, 0) is 37.5 Å². The Morgan fingerprint density at radius 1 is 1.29 bits per heavy atom. The maximum atomic E-state index is 12.0. The van der Waals surface area contributed by atoms with Crippen LogP contribution in [-0.2, 0) is 4.79 Å². The molecule has 0 aromatic heterocycles. The first-order chi connectivity index (χ1) is 6.56. The molecular formula is C13H24O. The third-order valence-electron chi connectivity index (χ3n) is 4.10. The molecule has 0 bridgehead atoms. The zero-order valence-corrected chi connectivity index (χ0v) is 10.0. The van der Waals surface area contributed by atoms with Crippen molar-refractivity contribution in [3.05, 3.63) is 0 Å². The predicted octanol–water partition coefficient (Wildman–Crippen LogP) is 3.67. The molecule has 0 aliphatic heterocycles. The zero-order valence-electron chi connectivity index (χ0n) is 10.0. The van der Waals surface area contributed by atoms with Gasteiger partial charge in [-0.15, -0.1) is 0 Å². The highest BCUT2D eigenvalue weighted by molar-refractivity contribution is 5.83. The van der Waals surface area contributed by atoms with Crippen LogP contribution >= 0.6 is 0 Å². The molecule has 0 N–H and O–H groups in total. The first-order valence-corrected chi connectivity index (χ1v) is 6.10. The van der Waals surface area contributed by atoms with E-state index in [1.165, 1.54) is 6.42 Å². The Balaban J connectivity index is 2.50. The van der Waals surface area contributed by atoms with E-state index < -0.39 is 0 Å². The van der Waals surface area contributed by atoms with Crippen LogP contribution in [0.4, 0.5) is 0 Å². The van der Waals surface area contributed by atoms with Gasteiger partial charge in [0, 0.05) is 11.8 Å². The summed E-state index contributed by atoms with van der Waals surface area (Å²) in [7, 11) is 0. The van der Waals surface area contributed by atoms with Crippen LogP contribution in [0.15, 0.2) is 0 Å². The van der Waals surface area contributed by atoms with Gasteiger partial charge in [0.15, 0.2) is 0 Å². The van der Waals surface area contributed by atoms with Gasteiger partial charge in [0.1, 0.15) is 5.78 Å². The van der Waals surface area contributed by atoms with E-state index in [2.05, 4.69) is 27.7 Å². The Morgan fingerprint density at radius 2 is 1.93 bits per heavy atom. The van der Waals surface area contributed by atoms with Crippen molar-refractivity contribution < 1.29 is 4.79 Å². The Hall–Kier alpha value is -0.330. The summed E-state index contributed by atoms with van der Waals surface area (Å²) < 4.78 is 0. The number of carbonyl (C=O) groups is 1. The minimum absolute atomic E-state index is 0.278. The van der Waals surface area contributed by atoms with E-state index in [0.717, 1.165) is 31.1 Å². The van der Waals surface area contributed by atoms with Gasteiger partial charge in [-0.25, -0.2) is 0 Å². The molecule has 0 radical (unpaired) electrons. The smallest absolute Gasteiger partial charge is 0.138 e. The van der Waals surface area contributed by atoms with Gasteiger partial charge in [0.2, 0.25) is 0 Å². The summed E-state index contributed by atoms with van der Waals surface area (Å²) in [5.74, 6) is 2.72. The molecule has 0 saturated heterocycles. The minimum atomic E-state index is 0.278. The summed E-state index contributed by atoms with van der Waals surface area (Å²) >= 11 is 0. The highest BCUT2D eigenvalue weighted by atomic mass is 16.1. The maximum absolute atomic E-state index is 12.0. The van der Waals surface area contributed by atoms with Crippen LogP contribution in [0.5, 0.6) is 0 Å². The average Bonchev–Trinajstić information content (AvgIpc) is 2.20. The molecule has 4 atom stereocenters. The fraction of sp³-hybridized carbons (Fsp3) is 0.923. The van der Waals surface area contributed by atoms with Gasteiger partial charge in [-0.2, -0.15) is 0 Å². The van der Waals surface area contributed by atoms with Gasteiger partial charge in [-0.1, -0.05) is 27.7 Å². The van der Waals surface area contributed by atoms with Crippen molar-refractivity contribution in [3.63, 3.8) is 0 Å². The number of Topliss-reactive ketones (excluding diaryl/α,β-unsaturated/α-hetero) is 1. The molecule has 0 amide bonds. The van der Waals surface area contributed by atoms with E-state index >= 15 is 0 Å². The average molecular weight is 196 g/mol. The molecule has 1 heteroatoms. The summed E-state index contributed by atoms with van der Waals surface area (Å²) in [4.78, 5) is 12.0. The molecule has 82 valence electrons. The topological polar surface area (TPSA) is 17.1 Å². The van der Waals surface area contributed by atoms with Crippen LogP contribution in [0.1, 0.15) is 53.4 Å². The van der Waals surface area contributed by atoms with E-state index in [0.29, 0.717) is 11.7 Å². The fourth-order valence-electron chi connectivity index (χ4n) is 2.41. The van der Waals surface area contributed by atoms with Crippen molar-refractivity contribution in [2.45, 2.75) is 53.4 Å². The summed E-state index contributed by atoms with van der Waals surface area (Å²) in [6, 6.07) is 0. The monoisotopic (exact) mass is 196 g/mol. The molecule has 1 rings (SSSR count). The first kappa shape index (κ1) is 11.7. The Kier molecular flexibility index (Phi) is 4.15. The molecule has 0 spiro atoms. The van der Waals surface area contributed by atoms with Crippen LogP contribution in [0, 0.1) is 23.7 Å². The molecule has 0 aromatic rings. The van der Waals surface area contributed by atoms with Crippen LogP contribution in [0.3, 0.4) is 0 Å². The van der Waals surface area contributed by atoms with Crippen molar-refractivity contribution in [3.8, 4) is 0 Å². The second kappa shape index (κ2) is 4.95. The summed E-state index contributed by atoms with van der Waals surface area (Å²) in [6.07, 6.45) is 4.51. The maximum Gasteiger partial charge on any atom is 0.138 e. The third kappa shape index (κ3) is 2.59. The lowest BCUT2D eigenvalue weighted by atomic mass is 9.72. The highest BCUT2D eigenvalue weighted by Gasteiger charge is 2.30. The number of hydrogen-bond acceptors (Lipinski definition) is 1. The lowest BCUT2D eigenvalue weighted by Gasteiger charge is -2.32. The standard InChI is InChI=1S/C13H24O/c1-5-9(2)13(14)12-7-6-10(3)11(4)8-12/h9-12H,5-8H2,1-4H3. The van der Waals surface area contributed by atoms with E-state index in [4.69, 9.17) is 0 Å². The van der Waals surface area contributed by atoms with Gasteiger partial charge in [0.05, 0.1) is 0 Å². The normalized spacial score (nSPS) is 35.3. The predicted molar refractivity (Wildman–Crippen MR) is 60.1 cm³/mol. The van der Waals surface area contributed by atoms with E-state index in [1.54, 1.807) is 0 Å². The van der Waals surface area contributed by atoms with Crippen molar-refractivity contribution in [1.82, 2.24) is 0 Å². The number of hydrogen-bond donors (Lipinski definition) is 0. The van der Waals surface area contributed by atoms with Crippen molar-refractivity contribution >= 4 is 5.78 Å². The van der Waals surface area contributed by atoms with Crippen molar-refractivity contribution in [2.24, 2.45) is 23.7 Å². The van der Waals surface area contributed by atoms with Crippen LogP contribution in [-0.4, -0.2) is 5.78 Å². The molecule has 1 nitrogen and oxygen atoms in total. The van der Waals surface area contributed by atoms with Gasteiger partial charge < -0.3 is 0 Å². The van der Waals surface area contributed by atoms with E-state index in [9.17, 15) is 4.79 Å².